The number of nitrogens with one attached hydrogen (secondary N) is 1. The van der Waals surface area contributed by atoms with Gasteiger partial charge >= 0.3 is 0 Å². The Morgan fingerprint density at radius 1 is 1.62 bits per heavy atom. The highest BCUT2D eigenvalue weighted by Crippen LogP contribution is 2.34. The van der Waals surface area contributed by atoms with Gasteiger partial charge in [0, 0.05) is 12.6 Å². The maximum absolute atomic E-state index is 13.2. The van der Waals surface area contributed by atoms with Crippen LogP contribution in [0.1, 0.15) is 5.56 Å². The summed E-state index contributed by atoms with van der Waals surface area (Å²) in [4.78, 5) is 11.6. The van der Waals surface area contributed by atoms with Crippen molar-refractivity contribution in [2.75, 3.05) is 19.0 Å². The number of rotatable bonds is 2. The Labute approximate surface area is 92.6 Å². The van der Waals surface area contributed by atoms with E-state index in [1.807, 2.05) is 0 Å². The van der Waals surface area contributed by atoms with Crippen molar-refractivity contribution in [2.45, 2.75) is 6.42 Å². The molecule has 0 aliphatic carbocycles. The lowest BCUT2D eigenvalue weighted by molar-refractivity contribution is -0.119. The molecule has 5 heteroatoms. The summed E-state index contributed by atoms with van der Waals surface area (Å²) in [6.45, 7) is 0.254. The van der Waals surface area contributed by atoms with Crippen molar-refractivity contribution in [3.05, 3.63) is 23.5 Å². The summed E-state index contributed by atoms with van der Waals surface area (Å²) in [6.07, 6.45) is 0.450. The van der Waals surface area contributed by atoms with E-state index >= 15 is 0 Å². The van der Waals surface area contributed by atoms with Gasteiger partial charge in [0.2, 0.25) is 5.91 Å². The minimum Gasteiger partial charge on any atom is -0.494 e. The molecule has 0 bridgehead atoms. The van der Waals surface area contributed by atoms with Gasteiger partial charge in [0.15, 0.2) is 0 Å². The zero-order valence-electron chi connectivity index (χ0n) is 8.92. The number of carbonyl (C=O) groups excluding carboxylic acids is 1. The Kier molecular flexibility index (Phi) is 2.78. The molecule has 2 rings (SSSR count). The highest BCUT2D eigenvalue weighted by atomic mass is 19.1. The van der Waals surface area contributed by atoms with Gasteiger partial charge in [0.1, 0.15) is 11.6 Å². The van der Waals surface area contributed by atoms with E-state index in [1.54, 1.807) is 0 Å². The van der Waals surface area contributed by atoms with Gasteiger partial charge in [-0.05, 0) is 18.1 Å². The monoisotopic (exact) mass is 224 g/mol. The summed E-state index contributed by atoms with van der Waals surface area (Å²) < 4.78 is 18.3. The number of carbonyl (C=O) groups is 1. The number of hydrogen-bond acceptors (Lipinski definition) is 3. The Balaban J connectivity index is 2.45. The molecule has 1 aliphatic heterocycles. The van der Waals surface area contributed by atoms with Crippen molar-refractivity contribution in [1.29, 1.82) is 0 Å². The fourth-order valence-corrected chi connectivity index (χ4v) is 1.87. The van der Waals surface area contributed by atoms with Gasteiger partial charge in [0.05, 0.1) is 18.7 Å². The lowest BCUT2D eigenvalue weighted by atomic mass is 9.93. The standard InChI is InChI=1S/C11H13FN2O2/c1-16-9-4-8(12)3-6-2-7(5-13)11(15)14-10(6)9/h3-4,7H,2,5,13H2,1H3,(H,14,15). The predicted molar refractivity (Wildman–Crippen MR) is 57.8 cm³/mol. The van der Waals surface area contributed by atoms with Gasteiger partial charge in [-0.1, -0.05) is 0 Å². The lowest BCUT2D eigenvalue weighted by Crippen LogP contribution is -2.35. The molecule has 0 aromatic heterocycles. The van der Waals surface area contributed by atoms with Crippen LogP contribution >= 0.6 is 0 Å². The highest BCUT2D eigenvalue weighted by molar-refractivity contribution is 5.97. The molecule has 0 saturated heterocycles. The summed E-state index contributed by atoms with van der Waals surface area (Å²) >= 11 is 0. The third-order valence-corrected chi connectivity index (χ3v) is 2.74. The minimum atomic E-state index is -0.373. The van der Waals surface area contributed by atoms with E-state index in [0.717, 1.165) is 5.56 Å². The largest absolute Gasteiger partial charge is 0.494 e. The Hall–Kier alpha value is -1.62. The van der Waals surface area contributed by atoms with E-state index in [-0.39, 0.29) is 24.2 Å². The molecule has 1 heterocycles. The van der Waals surface area contributed by atoms with Crippen LogP contribution in [-0.2, 0) is 11.2 Å². The van der Waals surface area contributed by atoms with E-state index < -0.39 is 0 Å². The third-order valence-electron chi connectivity index (χ3n) is 2.74. The third kappa shape index (κ3) is 1.74. The van der Waals surface area contributed by atoms with Crippen LogP contribution in [0.15, 0.2) is 12.1 Å². The second-order valence-corrected chi connectivity index (χ2v) is 3.77. The van der Waals surface area contributed by atoms with Crippen LogP contribution in [0.5, 0.6) is 5.75 Å². The normalized spacial score (nSPS) is 18.9. The average Bonchev–Trinajstić information content (AvgIpc) is 2.28. The Bertz CT molecular complexity index is 434. The average molecular weight is 224 g/mol. The fourth-order valence-electron chi connectivity index (χ4n) is 1.87. The van der Waals surface area contributed by atoms with Crippen molar-refractivity contribution < 1.29 is 13.9 Å². The maximum Gasteiger partial charge on any atom is 0.229 e. The first-order valence-electron chi connectivity index (χ1n) is 5.03. The molecule has 16 heavy (non-hydrogen) atoms. The van der Waals surface area contributed by atoms with Crippen molar-refractivity contribution >= 4 is 11.6 Å². The van der Waals surface area contributed by atoms with Crippen molar-refractivity contribution in [3.63, 3.8) is 0 Å². The number of amides is 1. The van der Waals surface area contributed by atoms with Crippen molar-refractivity contribution in [3.8, 4) is 5.75 Å². The molecular weight excluding hydrogens is 211 g/mol. The minimum absolute atomic E-state index is 0.139. The Morgan fingerprint density at radius 3 is 3.00 bits per heavy atom. The van der Waals surface area contributed by atoms with Crippen molar-refractivity contribution in [2.24, 2.45) is 11.7 Å². The van der Waals surface area contributed by atoms with Crippen LogP contribution < -0.4 is 15.8 Å². The quantitative estimate of drug-likeness (QED) is 0.784. The zero-order chi connectivity index (χ0) is 11.7. The number of halogens is 1. The van der Waals surface area contributed by atoms with Crippen LogP contribution in [0.2, 0.25) is 0 Å². The molecule has 0 saturated carbocycles. The molecule has 0 spiro atoms. The van der Waals surface area contributed by atoms with Gasteiger partial charge in [-0.3, -0.25) is 4.79 Å². The number of ether oxygens (including phenoxy) is 1. The van der Waals surface area contributed by atoms with Crippen LogP contribution in [0.4, 0.5) is 10.1 Å². The van der Waals surface area contributed by atoms with Crippen LogP contribution in [0.25, 0.3) is 0 Å². The number of methoxy groups -OCH3 is 1. The number of fused-ring (bicyclic) bond motifs is 1. The lowest BCUT2D eigenvalue weighted by Gasteiger charge is -2.25. The molecule has 1 aromatic rings. The molecule has 3 N–H and O–H groups in total. The number of hydrogen-bond donors (Lipinski definition) is 2. The van der Waals surface area contributed by atoms with E-state index in [0.29, 0.717) is 17.9 Å². The van der Waals surface area contributed by atoms with Gasteiger partial charge < -0.3 is 15.8 Å². The summed E-state index contributed by atoms with van der Waals surface area (Å²) in [5.74, 6) is -0.458. The number of benzene rings is 1. The first-order valence-corrected chi connectivity index (χ1v) is 5.03. The van der Waals surface area contributed by atoms with Crippen LogP contribution in [-0.4, -0.2) is 19.6 Å². The fraction of sp³-hybridized carbons (Fsp3) is 0.364. The first kappa shape index (κ1) is 10.9. The van der Waals surface area contributed by atoms with Gasteiger partial charge in [0.25, 0.3) is 0 Å². The molecule has 86 valence electrons. The second-order valence-electron chi connectivity index (χ2n) is 3.77. The van der Waals surface area contributed by atoms with Crippen LogP contribution in [0.3, 0.4) is 0 Å². The zero-order valence-corrected chi connectivity index (χ0v) is 8.92. The smallest absolute Gasteiger partial charge is 0.229 e. The molecule has 1 amide bonds. The first-order chi connectivity index (χ1) is 7.65. The van der Waals surface area contributed by atoms with E-state index in [1.165, 1.54) is 19.2 Å². The number of nitrogens with two attached hydrogens (primary N) is 1. The molecular formula is C11H13FN2O2. The molecule has 1 atom stereocenters. The molecule has 0 radical (unpaired) electrons. The second kappa shape index (κ2) is 4.09. The van der Waals surface area contributed by atoms with Gasteiger partial charge in [-0.2, -0.15) is 0 Å². The molecule has 1 aliphatic rings. The predicted octanol–water partition coefficient (Wildman–Crippen LogP) is 0.904. The molecule has 0 fully saturated rings. The highest BCUT2D eigenvalue weighted by Gasteiger charge is 2.27. The summed E-state index contributed by atoms with van der Waals surface area (Å²) in [5.41, 5.74) is 6.76. The topological polar surface area (TPSA) is 64.3 Å². The SMILES string of the molecule is COc1cc(F)cc2c1NC(=O)C(CN)C2. The molecule has 1 unspecified atom stereocenters. The van der Waals surface area contributed by atoms with E-state index in [4.69, 9.17) is 10.5 Å². The molecule has 1 aromatic carbocycles. The summed E-state index contributed by atoms with van der Waals surface area (Å²) in [6, 6.07) is 2.65. The van der Waals surface area contributed by atoms with Gasteiger partial charge in [-0.15, -0.1) is 0 Å². The van der Waals surface area contributed by atoms with Crippen LogP contribution in [0, 0.1) is 11.7 Å². The maximum atomic E-state index is 13.2. The van der Waals surface area contributed by atoms with Crippen molar-refractivity contribution in [1.82, 2.24) is 0 Å². The summed E-state index contributed by atoms with van der Waals surface area (Å²) in [7, 11) is 1.44. The van der Waals surface area contributed by atoms with E-state index in [2.05, 4.69) is 5.32 Å². The summed E-state index contributed by atoms with van der Waals surface area (Å²) in [5, 5.41) is 2.70. The van der Waals surface area contributed by atoms with Gasteiger partial charge in [-0.25, -0.2) is 4.39 Å². The Morgan fingerprint density at radius 2 is 2.38 bits per heavy atom. The molecule has 4 nitrogen and oxygen atoms in total. The van der Waals surface area contributed by atoms with E-state index in [9.17, 15) is 9.18 Å². The number of anilines is 1.